The molecule has 0 saturated heterocycles. The molecule has 32 valence electrons. The number of hydrogen-bond acceptors (Lipinski definition) is 1. The second-order valence-corrected chi connectivity index (χ2v) is 2.04. The van der Waals surface area contributed by atoms with Gasteiger partial charge in [-0.05, 0) is 0 Å². The van der Waals surface area contributed by atoms with Crippen molar-refractivity contribution in [3.63, 3.8) is 0 Å². The van der Waals surface area contributed by atoms with Crippen LogP contribution in [0.1, 0.15) is 0 Å². The van der Waals surface area contributed by atoms with E-state index in [2.05, 4.69) is 12.6 Å². The maximum Gasteiger partial charge on any atom is 0.115 e. The molecule has 0 nitrogen and oxygen atoms in total. The second kappa shape index (κ2) is 2.79. The van der Waals surface area contributed by atoms with Gasteiger partial charge in [0.1, 0.15) is 11.4 Å². The molecule has 0 aliphatic carbocycles. The minimum absolute atomic E-state index is 0.565. The lowest BCUT2D eigenvalue weighted by Crippen LogP contribution is -1.84. The molecule has 0 rings (SSSR count). The van der Waals surface area contributed by atoms with E-state index in [0.717, 1.165) is 0 Å². The van der Waals surface area contributed by atoms with Crippen molar-refractivity contribution < 1.29 is 4.39 Å². The summed E-state index contributed by atoms with van der Waals surface area (Å²) in [7, 11) is 0. The summed E-state index contributed by atoms with van der Waals surface area (Å²) in [5.41, 5.74) is 0. The molecule has 0 heterocycles. The Kier molecular flexibility index (Phi) is 3.11. The van der Waals surface area contributed by atoms with Crippen LogP contribution in [0.5, 0.6) is 0 Å². The van der Waals surface area contributed by atoms with Crippen LogP contribution < -0.4 is 0 Å². The summed E-state index contributed by atoms with van der Waals surface area (Å²) in [6.45, 7) is -0.565. The molecule has 1 unspecified atom stereocenters. The van der Waals surface area contributed by atoms with Gasteiger partial charge in [0.2, 0.25) is 0 Å². The molecule has 0 aliphatic heterocycles. The van der Waals surface area contributed by atoms with Crippen molar-refractivity contribution in [3.05, 3.63) is 0 Å². The van der Waals surface area contributed by atoms with Crippen molar-refractivity contribution in [1.82, 2.24) is 0 Å². The van der Waals surface area contributed by atoms with Crippen molar-refractivity contribution >= 4 is 24.2 Å². The average molecular weight is 115 g/mol. The highest BCUT2D eigenvalue weighted by atomic mass is 35.5. The fourth-order valence-corrected chi connectivity index (χ4v) is 0. The quantitative estimate of drug-likeness (QED) is 0.387. The maximum absolute atomic E-state index is 10.9. The maximum atomic E-state index is 10.9. The van der Waals surface area contributed by atoms with E-state index < -0.39 is 11.4 Å². The zero-order valence-electron chi connectivity index (χ0n) is 2.49. The molecule has 0 amide bonds. The first-order valence-corrected chi connectivity index (χ1v) is 2.10. The van der Waals surface area contributed by atoms with Gasteiger partial charge in [-0.2, -0.15) is 12.6 Å². The molecule has 0 spiro atoms. The van der Waals surface area contributed by atoms with E-state index in [9.17, 15) is 4.39 Å². The lowest BCUT2D eigenvalue weighted by molar-refractivity contribution is 0.521. The van der Waals surface area contributed by atoms with Crippen LogP contribution in [0.3, 0.4) is 0 Å². The van der Waals surface area contributed by atoms with Gasteiger partial charge >= 0.3 is 0 Å². The first-order chi connectivity index (χ1) is 2.27. The first-order valence-electron chi connectivity index (χ1n) is 1.15. The molecule has 0 N–H and O–H groups in total. The normalized spacial score (nSPS) is 15.0. The van der Waals surface area contributed by atoms with Gasteiger partial charge in [-0.25, -0.2) is 4.39 Å². The van der Waals surface area contributed by atoms with Crippen molar-refractivity contribution in [2.75, 3.05) is 6.67 Å². The minimum atomic E-state index is -0.616. The Balaban J connectivity index is 2.54. The Morgan fingerprint density at radius 1 is 2.00 bits per heavy atom. The SMILES string of the molecule is FCC(S)Cl. The molecule has 0 aromatic heterocycles. The van der Waals surface area contributed by atoms with Crippen molar-refractivity contribution in [2.45, 2.75) is 4.71 Å². The number of halogens is 2. The fraction of sp³-hybridized carbons (Fsp3) is 1.00. The Hall–Kier alpha value is 0.570. The summed E-state index contributed by atoms with van der Waals surface area (Å²) in [5.74, 6) is 0. The zero-order chi connectivity index (χ0) is 4.28. The van der Waals surface area contributed by atoms with Crippen LogP contribution in [0, 0.1) is 0 Å². The largest absolute Gasteiger partial charge is 0.249 e. The van der Waals surface area contributed by atoms with Gasteiger partial charge in [-0.3, -0.25) is 0 Å². The topological polar surface area (TPSA) is 0 Å². The molecule has 0 bridgehead atoms. The summed E-state index contributed by atoms with van der Waals surface area (Å²) >= 11 is 8.44. The monoisotopic (exact) mass is 114 g/mol. The van der Waals surface area contributed by atoms with E-state index in [1.54, 1.807) is 0 Å². The van der Waals surface area contributed by atoms with Crippen molar-refractivity contribution in [3.8, 4) is 0 Å². The molecule has 0 fully saturated rings. The molecule has 0 saturated carbocycles. The van der Waals surface area contributed by atoms with E-state index in [1.165, 1.54) is 0 Å². The van der Waals surface area contributed by atoms with Gasteiger partial charge < -0.3 is 0 Å². The van der Waals surface area contributed by atoms with Crippen LogP contribution in [0.2, 0.25) is 0 Å². The molecule has 3 heteroatoms. The van der Waals surface area contributed by atoms with E-state index in [1.807, 2.05) is 0 Å². The smallest absolute Gasteiger partial charge is 0.115 e. The van der Waals surface area contributed by atoms with Gasteiger partial charge in [0.15, 0.2) is 0 Å². The molecule has 0 aromatic carbocycles. The number of rotatable bonds is 1. The Bertz CT molecular complexity index is 23.6. The minimum Gasteiger partial charge on any atom is -0.249 e. The van der Waals surface area contributed by atoms with Crippen LogP contribution in [-0.2, 0) is 0 Å². The van der Waals surface area contributed by atoms with Gasteiger partial charge in [0.25, 0.3) is 0 Å². The highest BCUT2D eigenvalue weighted by Gasteiger charge is 1.88. The number of alkyl halides is 2. The number of hydrogen-bond donors (Lipinski definition) is 1. The summed E-state index contributed by atoms with van der Waals surface area (Å²) in [6, 6.07) is 0. The third-order valence-electron chi connectivity index (χ3n) is 0.127. The molecular formula is C2H4ClFS. The van der Waals surface area contributed by atoms with Crippen LogP contribution in [0.4, 0.5) is 4.39 Å². The van der Waals surface area contributed by atoms with E-state index in [4.69, 9.17) is 11.6 Å². The highest BCUT2D eigenvalue weighted by molar-refractivity contribution is 7.82. The number of thiol groups is 1. The summed E-state index contributed by atoms with van der Waals surface area (Å²) in [4.78, 5) is 0. The summed E-state index contributed by atoms with van der Waals surface area (Å²) in [6.07, 6.45) is 0. The predicted octanol–water partition coefficient (Wildman–Crippen LogP) is 1.45. The van der Waals surface area contributed by atoms with Gasteiger partial charge in [-0.15, -0.1) is 11.6 Å². The van der Waals surface area contributed by atoms with Crippen LogP contribution in [-0.4, -0.2) is 11.4 Å². The molecule has 1 atom stereocenters. The molecular weight excluding hydrogens is 111 g/mol. The van der Waals surface area contributed by atoms with Crippen molar-refractivity contribution in [1.29, 1.82) is 0 Å². The Morgan fingerprint density at radius 3 is 2.20 bits per heavy atom. The lowest BCUT2D eigenvalue weighted by atomic mass is 10.9. The lowest BCUT2D eigenvalue weighted by Gasteiger charge is -1.83. The Morgan fingerprint density at radius 2 is 2.20 bits per heavy atom. The van der Waals surface area contributed by atoms with E-state index >= 15 is 0 Å². The van der Waals surface area contributed by atoms with Crippen LogP contribution in [0.25, 0.3) is 0 Å². The summed E-state index contributed by atoms with van der Waals surface area (Å²) < 4.78 is 10.3. The second-order valence-electron chi connectivity index (χ2n) is 0.589. The van der Waals surface area contributed by atoms with Crippen LogP contribution >= 0.6 is 24.2 Å². The standard InChI is InChI=1S/C2H4ClFS/c3-2(5)1-4/h2,5H,1H2. The summed E-state index contributed by atoms with van der Waals surface area (Å²) in [5, 5.41) is 0. The first kappa shape index (κ1) is 5.57. The van der Waals surface area contributed by atoms with E-state index in [-0.39, 0.29) is 0 Å². The van der Waals surface area contributed by atoms with Crippen LogP contribution in [0.15, 0.2) is 0 Å². The third kappa shape index (κ3) is 4.57. The third-order valence-corrected chi connectivity index (χ3v) is 0.382. The average Bonchev–Trinajstić information content (AvgIpc) is 1.38. The van der Waals surface area contributed by atoms with Gasteiger partial charge in [-0.1, -0.05) is 0 Å². The predicted molar refractivity (Wildman–Crippen MR) is 24.6 cm³/mol. The van der Waals surface area contributed by atoms with Gasteiger partial charge in [0, 0.05) is 0 Å². The Labute approximate surface area is 40.7 Å². The zero-order valence-corrected chi connectivity index (χ0v) is 4.14. The fourth-order valence-electron chi connectivity index (χ4n) is 0. The molecule has 0 aromatic rings. The van der Waals surface area contributed by atoms with Crippen molar-refractivity contribution in [2.24, 2.45) is 0 Å². The van der Waals surface area contributed by atoms with Gasteiger partial charge in [0.05, 0.1) is 0 Å². The molecule has 0 radical (unpaired) electrons. The molecule has 0 aliphatic rings. The van der Waals surface area contributed by atoms with E-state index in [0.29, 0.717) is 0 Å². The highest BCUT2D eigenvalue weighted by Crippen LogP contribution is 1.98. The molecule has 5 heavy (non-hydrogen) atoms.